The van der Waals surface area contributed by atoms with E-state index in [1.807, 2.05) is 12.1 Å². The van der Waals surface area contributed by atoms with Gasteiger partial charge in [0.25, 0.3) is 5.91 Å². The van der Waals surface area contributed by atoms with E-state index >= 15 is 0 Å². The second kappa shape index (κ2) is 11.1. The van der Waals surface area contributed by atoms with Crippen LogP contribution in [0.5, 0.6) is 5.75 Å². The van der Waals surface area contributed by atoms with Gasteiger partial charge in [0.2, 0.25) is 5.89 Å². The lowest BCUT2D eigenvalue weighted by atomic mass is 10.1. The Hall–Kier alpha value is -3.39. The second-order valence-corrected chi connectivity index (χ2v) is 6.98. The van der Waals surface area contributed by atoms with Crippen LogP contribution in [0.3, 0.4) is 0 Å². The first kappa shape index (κ1) is 22.3. The van der Waals surface area contributed by atoms with Crippen LogP contribution in [-0.2, 0) is 0 Å². The van der Waals surface area contributed by atoms with Crippen LogP contribution in [0.2, 0.25) is 0 Å². The minimum Gasteiger partial charge on any atom is -0.497 e. The third-order valence-corrected chi connectivity index (χ3v) is 4.97. The molecule has 1 heterocycles. The Morgan fingerprint density at radius 2 is 1.87 bits per heavy atom. The number of aromatic nitrogens is 2. The Morgan fingerprint density at radius 1 is 1.10 bits per heavy atom. The van der Waals surface area contributed by atoms with E-state index in [9.17, 15) is 4.79 Å². The van der Waals surface area contributed by atoms with Gasteiger partial charge in [0.05, 0.1) is 7.11 Å². The molecule has 0 aliphatic rings. The molecule has 0 spiro atoms. The zero-order chi connectivity index (χ0) is 22.1. The monoisotopic (exact) mass is 423 g/mol. The van der Waals surface area contributed by atoms with E-state index < -0.39 is 0 Å². The predicted octanol–water partition coefficient (Wildman–Crippen LogP) is 4.14. The number of nitrogens with one attached hydrogen (secondary N) is 2. The summed E-state index contributed by atoms with van der Waals surface area (Å²) in [5.41, 5.74) is 1.98. The van der Waals surface area contributed by atoms with Gasteiger partial charge in [-0.1, -0.05) is 25.0 Å². The number of anilines is 2. The van der Waals surface area contributed by atoms with E-state index in [0.29, 0.717) is 28.9 Å². The number of amides is 1. The highest BCUT2D eigenvalue weighted by Gasteiger charge is 2.10. The molecular formula is C23H29N5O3. The fraction of sp³-hybridized carbons (Fsp3) is 0.348. The zero-order valence-electron chi connectivity index (χ0n) is 18.2. The van der Waals surface area contributed by atoms with Gasteiger partial charge in [-0.05, 0) is 68.5 Å². The number of ether oxygens (including phenoxy) is 1. The highest BCUT2D eigenvalue weighted by molar-refractivity contribution is 6.04. The number of benzene rings is 2. The Labute approximate surface area is 182 Å². The van der Waals surface area contributed by atoms with E-state index in [2.05, 4.69) is 39.6 Å². The average Bonchev–Trinajstić information content (AvgIpc) is 3.28. The smallest absolute Gasteiger partial charge is 0.315 e. The first-order valence-electron chi connectivity index (χ1n) is 10.5. The van der Waals surface area contributed by atoms with Crippen molar-refractivity contribution in [3.8, 4) is 17.2 Å². The highest BCUT2D eigenvalue weighted by atomic mass is 16.5. The fourth-order valence-corrected chi connectivity index (χ4v) is 3.11. The summed E-state index contributed by atoms with van der Waals surface area (Å²) < 4.78 is 10.9. The number of carbonyl (C=O) groups excluding carboxylic acids is 1. The minimum absolute atomic E-state index is 0.208. The van der Waals surface area contributed by atoms with E-state index in [1.165, 1.54) is 0 Å². The third-order valence-electron chi connectivity index (χ3n) is 4.97. The van der Waals surface area contributed by atoms with Crippen molar-refractivity contribution in [1.82, 2.24) is 15.1 Å². The number of nitrogens with zero attached hydrogens (tertiary/aromatic N) is 3. The second-order valence-electron chi connectivity index (χ2n) is 6.98. The van der Waals surface area contributed by atoms with Gasteiger partial charge >= 0.3 is 6.01 Å². The molecule has 0 radical (unpaired) electrons. The molecule has 3 aromatic rings. The molecular weight excluding hydrogens is 394 g/mol. The summed E-state index contributed by atoms with van der Waals surface area (Å²) in [5.74, 6) is 0.856. The van der Waals surface area contributed by atoms with Gasteiger partial charge in [0.1, 0.15) is 5.75 Å². The summed E-state index contributed by atoms with van der Waals surface area (Å²) in [6.45, 7) is 8.24. The summed E-state index contributed by atoms with van der Waals surface area (Å²) >= 11 is 0. The van der Waals surface area contributed by atoms with Crippen molar-refractivity contribution in [3.05, 3.63) is 54.1 Å². The van der Waals surface area contributed by atoms with Gasteiger partial charge in [-0.25, -0.2) is 0 Å². The molecule has 2 aromatic carbocycles. The van der Waals surface area contributed by atoms with E-state index in [0.717, 1.165) is 38.2 Å². The lowest BCUT2D eigenvalue weighted by Crippen LogP contribution is -2.25. The molecule has 0 fully saturated rings. The summed E-state index contributed by atoms with van der Waals surface area (Å²) in [6, 6.07) is 14.7. The van der Waals surface area contributed by atoms with Crippen molar-refractivity contribution in [3.63, 3.8) is 0 Å². The molecule has 8 heteroatoms. The van der Waals surface area contributed by atoms with E-state index in [-0.39, 0.29) is 5.91 Å². The maximum absolute atomic E-state index is 12.4. The fourth-order valence-electron chi connectivity index (χ4n) is 3.11. The summed E-state index contributed by atoms with van der Waals surface area (Å²) in [4.78, 5) is 14.8. The van der Waals surface area contributed by atoms with Gasteiger partial charge in [-0.15, -0.1) is 5.10 Å². The molecule has 0 bridgehead atoms. The van der Waals surface area contributed by atoms with Gasteiger partial charge in [-0.2, -0.15) is 0 Å². The van der Waals surface area contributed by atoms with Crippen molar-refractivity contribution in [2.24, 2.45) is 0 Å². The molecule has 0 aliphatic carbocycles. The van der Waals surface area contributed by atoms with Crippen LogP contribution >= 0.6 is 0 Å². The molecule has 0 unspecified atom stereocenters. The number of methoxy groups -OCH3 is 1. The molecule has 0 aliphatic heterocycles. The summed E-state index contributed by atoms with van der Waals surface area (Å²) in [6.07, 6.45) is 1.00. The van der Waals surface area contributed by atoms with Crippen molar-refractivity contribution >= 4 is 17.6 Å². The molecule has 1 amide bonds. The summed E-state index contributed by atoms with van der Waals surface area (Å²) in [7, 11) is 1.57. The molecule has 8 nitrogen and oxygen atoms in total. The van der Waals surface area contributed by atoms with Crippen molar-refractivity contribution < 1.29 is 13.9 Å². The van der Waals surface area contributed by atoms with Gasteiger partial charge in [-0.3, -0.25) is 4.79 Å². The lowest BCUT2D eigenvalue weighted by molar-refractivity contribution is 0.102. The van der Waals surface area contributed by atoms with Crippen LogP contribution in [0.15, 0.2) is 52.9 Å². The first-order valence-corrected chi connectivity index (χ1v) is 10.5. The van der Waals surface area contributed by atoms with E-state index in [4.69, 9.17) is 9.15 Å². The van der Waals surface area contributed by atoms with Gasteiger partial charge in [0.15, 0.2) is 0 Å². The van der Waals surface area contributed by atoms with Crippen molar-refractivity contribution in [2.75, 3.05) is 43.9 Å². The third kappa shape index (κ3) is 6.29. The predicted molar refractivity (Wildman–Crippen MR) is 122 cm³/mol. The van der Waals surface area contributed by atoms with Crippen LogP contribution in [0, 0.1) is 0 Å². The summed E-state index contributed by atoms with van der Waals surface area (Å²) in [5, 5.41) is 14.2. The Kier molecular flexibility index (Phi) is 8.00. The van der Waals surface area contributed by atoms with Crippen LogP contribution < -0.4 is 15.4 Å². The number of hydrogen-bond donors (Lipinski definition) is 2. The van der Waals surface area contributed by atoms with E-state index in [1.54, 1.807) is 43.5 Å². The lowest BCUT2D eigenvalue weighted by Gasteiger charge is -2.17. The standard InChI is InChI=1S/C23H29N5O3/c1-4-28(5-2)15-7-14-24-23-27-26-22(31-23)17-10-12-19(13-11-17)25-21(29)18-8-6-9-20(16-18)30-3/h6,8-13,16H,4-5,7,14-15H2,1-3H3,(H,24,27)(H,25,29). The van der Waals surface area contributed by atoms with Crippen molar-refractivity contribution in [1.29, 1.82) is 0 Å². The number of rotatable bonds is 11. The molecule has 0 saturated carbocycles. The normalized spacial score (nSPS) is 10.8. The highest BCUT2D eigenvalue weighted by Crippen LogP contribution is 2.22. The SMILES string of the molecule is CCN(CC)CCCNc1nnc(-c2ccc(NC(=O)c3cccc(OC)c3)cc2)o1. The number of hydrogen-bond acceptors (Lipinski definition) is 7. The quantitative estimate of drug-likeness (QED) is 0.448. The molecule has 2 N–H and O–H groups in total. The van der Waals surface area contributed by atoms with Crippen molar-refractivity contribution in [2.45, 2.75) is 20.3 Å². The Balaban J connectivity index is 1.53. The molecule has 0 saturated heterocycles. The zero-order valence-corrected chi connectivity index (χ0v) is 18.2. The maximum Gasteiger partial charge on any atom is 0.315 e. The Bertz CT molecular complexity index is 967. The van der Waals surface area contributed by atoms with Crippen LogP contribution in [0.4, 0.5) is 11.7 Å². The molecule has 3 rings (SSSR count). The Morgan fingerprint density at radius 3 is 2.58 bits per heavy atom. The largest absolute Gasteiger partial charge is 0.497 e. The molecule has 164 valence electrons. The van der Waals surface area contributed by atoms with Gasteiger partial charge in [0, 0.05) is 23.4 Å². The minimum atomic E-state index is -0.208. The molecule has 1 aromatic heterocycles. The topological polar surface area (TPSA) is 92.5 Å². The maximum atomic E-state index is 12.4. The van der Waals surface area contributed by atoms with Crippen LogP contribution in [0.25, 0.3) is 11.5 Å². The first-order chi connectivity index (χ1) is 15.1. The molecule has 0 atom stereocenters. The average molecular weight is 424 g/mol. The van der Waals surface area contributed by atoms with Crippen LogP contribution in [0.1, 0.15) is 30.6 Å². The van der Waals surface area contributed by atoms with Crippen LogP contribution in [-0.4, -0.2) is 54.3 Å². The molecule has 31 heavy (non-hydrogen) atoms. The number of carbonyl (C=O) groups is 1. The van der Waals surface area contributed by atoms with Gasteiger partial charge < -0.3 is 24.7 Å².